The molecule has 0 aliphatic rings. The zero-order chi connectivity index (χ0) is 4.50. The van der Waals surface area contributed by atoms with E-state index >= 15 is 0 Å². The Kier molecular flexibility index (Phi) is 16.1. The zero-order valence-electron chi connectivity index (χ0n) is 5.40. The first-order valence-electron chi connectivity index (χ1n) is 0.783. The van der Waals surface area contributed by atoms with E-state index in [4.69, 9.17) is 19.2 Å². The van der Waals surface area contributed by atoms with Crippen molar-refractivity contribution in [1.29, 1.82) is 0 Å². The van der Waals surface area contributed by atoms with Gasteiger partial charge in [0.15, 0.2) is 0 Å². The molecule has 40 valence electrons. The van der Waals surface area contributed by atoms with Crippen LogP contribution >= 0.6 is 7.82 Å². The van der Waals surface area contributed by atoms with E-state index in [-0.39, 0.29) is 82.3 Å². The predicted octanol–water partition coefficient (Wildman–Crippen LogP) is -1.08. The summed E-state index contributed by atoms with van der Waals surface area (Å²) >= 11 is 0. The first-order chi connectivity index (χ1) is 2.00. The molecular weight excluding hydrogens is 275 g/mol. The molecule has 0 amide bonds. The second-order valence-corrected chi connectivity index (χ2v) is 1.54. The van der Waals surface area contributed by atoms with Gasteiger partial charge >= 0.3 is 45.6 Å². The average molecular weight is 280 g/mol. The van der Waals surface area contributed by atoms with Crippen LogP contribution in [0.4, 0.5) is 0 Å². The number of rotatable bonds is 0. The van der Waals surface area contributed by atoms with Crippen molar-refractivity contribution in [2.45, 2.75) is 0 Å². The van der Waals surface area contributed by atoms with Crippen LogP contribution in [0.2, 0.25) is 0 Å². The van der Waals surface area contributed by atoms with Crippen LogP contribution in [0.1, 0.15) is 2.85 Å². The molecular formula is H5CaCeO4P. The first kappa shape index (κ1) is 16.4. The quantitative estimate of drug-likeness (QED) is 0.389. The van der Waals surface area contributed by atoms with Gasteiger partial charge in [0.2, 0.25) is 0 Å². The summed E-state index contributed by atoms with van der Waals surface area (Å²) in [4.78, 5) is 21.6. The van der Waals surface area contributed by atoms with Gasteiger partial charge in [-0.3, -0.25) is 0 Å². The van der Waals surface area contributed by atoms with Gasteiger partial charge in [0.05, 0.1) is 0 Å². The molecule has 4 nitrogen and oxygen atoms in total. The summed E-state index contributed by atoms with van der Waals surface area (Å²) in [5.41, 5.74) is 0. The summed E-state index contributed by atoms with van der Waals surface area (Å²) in [7, 11) is -4.64. The van der Waals surface area contributed by atoms with Crippen molar-refractivity contribution in [2.24, 2.45) is 0 Å². The maximum Gasteiger partial charge on any atom is 2.00 e. The van der Waals surface area contributed by atoms with Gasteiger partial charge in [0, 0.05) is 41.7 Å². The Bertz CT molecular complexity index is 64.7. The molecule has 0 aromatic rings. The van der Waals surface area contributed by atoms with Crippen LogP contribution in [-0.4, -0.2) is 52.4 Å². The third-order valence-corrected chi connectivity index (χ3v) is 0. The SMILES string of the molecule is O=P(O)(O)O.[Ca+2].[Ce].[H-].[H-]. The Morgan fingerprint density at radius 3 is 1.29 bits per heavy atom. The molecule has 3 N–H and O–H groups in total. The van der Waals surface area contributed by atoms with Crippen molar-refractivity contribution in [3.63, 3.8) is 0 Å². The van der Waals surface area contributed by atoms with Crippen molar-refractivity contribution < 1.29 is 63.8 Å². The summed E-state index contributed by atoms with van der Waals surface area (Å²) in [6.07, 6.45) is 0. The van der Waals surface area contributed by atoms with Gasteiger partial charge in [-0.2, -0.15) is 0 Å². The molecule has 0 aliphatic carbocycles. The summed E-state index contributed by atoms with van der Waals surface area (Å²) in [5, 5.41) is 0. The third-order valence-electron chi connectivity index (χ3n) is 0. The van der Waals surface area contributed by atoms with E-state index in [0.29, 0.717) is 0 Å². The molecule has 0 heterocycles. The molecule has 0 rings (SSSR count). The molecule has 0 aliphatic heterocycles. The summed E-state index contributed by atoms with van der Waals surface area (Å²) in [6.45, 7) is 0. The van der Waals surface area contributed by atoms with Crippen LogP contribution in [-0.2, 0) is 4.57 Å². The van der Waals surface area contributed by atoms with Gasteiger partial charge in [-0.05, 0) is 0 Å². The fraction of sp³-hybridized carbons (Fsp3) is 0. The van der Waals surface area contributed by atoms with E-state index in [9.17, 15) is 0 Å². The Labute approximate surface area is 107 Å². The van der Waals surface area contributed by atoms with Crippen LogP contribution in [0.15, 0.2) is 0 Å². The van der Waals surface area contributed by atoms with E-state index < -0.39 is 7.82 Å². The van der Waals surface area contributed by atoms with Gasteiger partial charge in [-0.1, -0.05) is 0 Å². The minimum Gasteiger partial charge on any atom is -1.00 e. The van der Waals surface area contributed by atoms with Crippen LogP contribution in [0.5, 0.6) is 0 Å². The van der Waals surface area contributed by atoms with E-state index in [2.05, 4.69) is 0 Å². The molecule has 0 bridgehead atoms. The Balaban J connectivity index is -0.0000000133. The van der Waals surface area contributed by atoms with E-state index in [1.165, 1.54) is 0 Å². The maximum atomic E-state index is 8.88. The largest absolute Gasteiger partial charge is 2.00 e. The van der Waals surface area contributed by atoms with Crippen molar-refractivity contribution in [2.75, 3.05) is 0 Å². The molecule has 0 unspecified atom stereocenters. The molecule has 0 fully saturated rings. The van der Waals surface area contributed by atoms with Crippen molar-refractivity contribution in [3.8, 4) is 0 Å². The normalized spacial score (nSPS) is 8.43. The molecule has 0 aromatic heterocycles. The molecule has 0 saturated heterocycles. The summed E-state index contributed by atoms with van der Waals surface area (Å²) in [6, 6.07) is 0. The average Bonchev–Trinajstić information content (AvgIpc) is 0.722. The van der Waals surface area contributed by atoms with Gasteiger partial charge in [0.25, 0.3) is 0 Å². The minimum atomic E-state index is -4.64. The molecule has 7 heavy (non-hydrogen) atoms. The Morgan fingerprint density at radius 1 is 1.29 bits per heavy atom. The maximum absolute atomic E-state index is 8.88. The molecule has 0 aromatic carbocycles. The fourth-order valence-electron chi connectivity index (χ4n) is 0. The summed E-state index contributed by atoms with van der Waals surface area (Å²) in [5.74, 6) is 0. The van der Waals surface area contributed by atoms with E-state index in [1.54, 1.807) is 0 Å². The second kappa shape index (κ2) is 6.86. The number of phosphoric acid groups is 1. The Morgan fingerprint density at radius 2 is 1.29 bits per heavy atom. The van der Waals surface area contributed by atoms with Crippen LogP contribution in [0, 0.1) is 41.7 Å². The van der Waals surface area contributed by atoms with Gasteiger partial charge in [-0.25, -0.2) is 4.57 Å². The topological polar surface area (TPSA) is 77.8 Å². The van der Waals surface area contributed by atoms with Gasteiger partial charge < -0.3 is 17.5 Å². The van der Waals surface area contributed by atoms with Crippen molar-refractivity contribution in [3.05, 3.63) is 0 Å². The third kappa shape index (κ3) is 52.8. The van der Waals surface area contributed by atoms with Crippen LogP contribution in [0.25, 0.3) is 0 Å². The first-order valence-corrected chi connectivity index (χ1v) is 2.35. The van der Waals surface area contributed by atoms with E-state index in [0.717, 1.165) is 0 Å². The molecule has 7 heteroatoms. The minimum absolute atomic E-state index is 0. The predicted molar refractivity (Wildman–Crippen MR) is 22.2 cm³/mol. The number of hydrogen-bond acceptors (Lipinski definition) is 1. The van der Waals surface area contributed by atoms with Gasteiger partial charge in [0.1, 0.15) is 0 Å². The van der Waals surface area contributed by atoms with Crippen molar-refractivity contribution in [1.82, 2.24) is 0 Å². The van der Waals surface area contributed by atoms with E-state index in [1.807, 2.05) is 0 Å². The Hall–Kier alpha value is 2.75. The zero-order valence-corrected chi connectivity index (χ0v) is 9.65. The second-order valence-electron chi connectivity index (χ2n) is 0.513. The number of hydrogen-bond donors (Lipinski definition) is 3. The standard InChI is InChI=1S/Ca.Ce.H3O4P.2H/c;;1-5(2,3)4;;/h;;(H3,1,2,3,4);;/q+2;;;2*-1. The smallest absolute Gasteiger partial charge is 1.00 e. The summed E-state index contributed by atoms with van der Waals surface area (Å²) < 4.78 is 8.88. The van der Waals surface area contributed by atoms with Crippen molar-refractivity contribution >= 4 is 45.6 Å². The molecule has 0 saturated carbocycles. The molecule has 0 radical (unpaired) electrons. The van der Waals surface area contributed by atoms with Gasteiger partial charge in [-0.15, -0.1) is 0 Å². The van der Waals surface area contributed by atoms with Crippen LogP contribution in [0.3, 0.4) is 0 Å². The molecule has 0 spiro atoms. The molecule has 0 atom stereocenters. The van der Waals surface area contributed by atoms with Crippen LogP contribution < -0.4 is 0 Å². The fourth-order valence-corrected chi connectivity index (χ4v) is 0. The monoisotopic (exact) mass is 280 g/mol.